The van der Waals surface area contributed by atoms with Gasteiger partial charge in [-0.2, -0.15) is 0 Å². The van der Waals surface area contributed by atoms with Crippen LogP contribution in [0.4, 0.5) is 10.1 Å². The molecule has 1 aliphatic heterocycles. The number of carbonyl (C=O) groups is 1. The topological polar surface area (TPSA) is 49.3 Å². The van der Waals surface area contributed by atoms with Gasteiger partial charge in [0.05, 0.1) is 16.9 Å². The molecule has 1 aromatic heterocycles. The lowest BCUT2D eigenvalue weighted by Crippen LogP contribution is -2.49. The number of hydrogen-bond acceptors (Lipinski definition) is 4. The van der Waals surface area contributed by atoms with Gasteiger partial charge in [-0.05, 0) is 19.1 Å². The Balaban J connectivity index is 1.69. The van der Waals surface area contributed by atoms with Gasteiger partial charge >= 0.3 is 0 Å². The summed E-state index contributed by atoms with van der Waals surface area (Å²) in [7, 11) is 0. The Morgan fingerprint density at radius 2 is 1.84 bits per heavy atom. The molecule has 2 aromatic rings. The molecular weight excluding hydrogens is 319 g/mol. The van der Waals surface area contributed by atoms with Crippen LogP contribution in [0.15, 0.2) is 30.5 Å². The molecule has 25 heavy (non-hydrogen) atoms. The molecule has 2 heterocycles. The number of benzene rings is 1. The van der Waals surface area contributed by atoms with Crippen LogP contribution in [0.3, 0.4) is 0 Å². The molecule has 1 saturated heterocycles. The van der Waals surface area contributed by atoms with E-state index in [0.717, 1.165) is 5.82 Å². The zero-order valence-corrected chi connectivity index (χ0v) is 14.9. The summed E-state index contributed by atoms with van der Waals surface area (Å²) in [6.07, 6.45) is 1.63. The highest BCUT2D eigenvalue weighted by atomic mass is 19.1. The van der Waals surface area contributed by atoms with Gasteiger partial charge in [0.1, 0.15) is 11.6 Å². The van der Waals surface area contributed by atoms with Crippen LogP contribution in [0.2, 0.25) is 0 Å². The minimum atomic E-state index is -0.226. The number of nitrogens with zero attached hydrogens (tertiary/aromatic N) is 4. The summed E-state index contributed by atoms with van der Waals surface area (Å²) in [5.41, 5.74) is 1.85. The van der Waals surface area contributed by atoms with Gasteiger partial charge in [0, 0.05) is 38.3 Å². The number of aryl methyl sites for hydroxylation is 1. The van der Waals surface area contributed by atoms with E-state index in [2.05, 4.69) is 9.97 Å². The van der Waals surface area contributed by atoms with Crippen molar-refractivity contribution < 1.29 is 9.18 Å². The molecule has 0 spiro atoms. The fourth-order valence-electron chi connectivity index (χ4n) is 3.00. The Kier molecular flexibility index (Phi) is 4.97. The Morgan fingerprint density at radius 3 is 2.44 bits per heavy atom. The Labute approximate surface area is 147 Å². The molecular formula is C19H23FN4O. The third kappa shape index (κ3) is 3.62. The Hall–Kier alpha value is -2.50. The van der Waals surface area contributed by atoms with Crippen LogP contribution in [0.5, 0.6) is 0 Å². The molecule has 0 bridgehead atoms. The number of anilines is 1. The summed E-state index contributed by atoms with van der Waals surface area (Å²) >= 11 is 0. The average Bonchev–Trinajstić information content (AvgIpc) is 2.61. The fraction of sp³-hybridized carbons (Fsp3) is 0.421. The molecule has 3 rings (SSSR count). The molecule has 132 valence electrons. The average molecular weight is 342 g/mol. The monoisotopic (exact) mass is 342 g/mol. The molecule has 0 saturated carbocycles. The molecule has 5 nitrogen and oxygen atoms in total. The van der Waals surface area contributed by atoms with Crippen LogP contribution in [0.1, 0.15) is 41.6 Å². The van der Waals surface area contributed by atoms with Crippen molar-refractivity contribution in [1.82, 2.24) is 14.9 Å². The molecule has 0 atom stereocenters. The zero-order chi connectivity index (χ0) is 18.0. The lowest BCUT2D eigenvalue weighted by molar-refractivity contribution is 0.0745. The predicted octanol–water partition coefficient (Wildman–Crippen LogP) is 3.01. The summed E-state index contributed by atoms with van der Waals surface area (Å²) in [5.74, 6) is 0.697. The van der Waals surface area contributed by atoms with Gasteiger partial charge in [-0.15, -0.1) is 0 Å². The maximum absolute atomic E-state index is 13.9. The first-order valence-corrected chi connectivity index (χ1v) is 8.59. The molecule has 0 N–H and O–H groups in total. The van der Waals surface area contributed by atoms with Crippen LogP contribution in [0, 0.1) is 12.7 Å². The standard InChI is InChI=1S/C19H23FN4O/c1-13(2)18-21-12-15(14(3)22-18)19(25)24-10-8-23(9-11-24)17-7-5-4-6-16(17)20/h4-7,12-13H,8-11H2,1-3H3. The molecule has 1 fully saturated rings. The van der Waals surface area contributed by atoms with Crippen molar-refractivity contribution in [2.75, 3.05) is 31.1 Å². The summed E-state index contributed by atoms with van der Waals surface area (Å²) in [5, 5.41) is 0. The molecule has 6 heteroatoms. The van der Waals surface area contributed by atoms with E-state index in [1.807, 2.05) is 31.7 Å². The Morgan fingerprint density at radius 1 is 1.16 bits per heavy atom. The quantitative estimate of drug-likeness (QED) is 0.860. The normalized spacial score (nSPS) is 14.9. The van der Waals surface area contributed by atoms with Gasteiger partial charge in [0.2, 0.25) is 0 Å². The van der Waals surface area contributed by atoms with Gasteiger partial charge < -0.3 is 9.80 Å². The number of carbonyl (C=O) groups excluding carboxylic acids is 1. The molecule has 0 aliphatic carbocycles. The van der Waals surface area contributed by atoms with Crippen LogP contribution in [0.25, 0.3) is 0 Å². The van der Waals surface area contributed by atoms with Crippen LogP contribution in [-0.2, 0) is 0 Å². The second-order valence-corrected chi connectivity index (χ2v) is 6.61. The zero-order valence-electron chi connectivity index (χ0n) is 14.9. The third-order valence-electron chi connectivity index (χ3n) is 4.50. The lowest BCUT2D eigenvalue weighted by Gasteiger charge is -2.36. The van der Waals surface area contributed by atoms with E-state index in [-0.39, 0.29) is 17.6 Å². The van der Waals surface area contributed by atoms with E-state index < -0.39 is 0 Å². The maximum Gasteiger partial charge on any atom is 0.257 e. The fourth-order valence-corrected chi connectivity index (χ4v) is 3.00. The van der Waals surface area contributed by atoms with Crippen molar-refractivity contribution in [2.24, 2.45) is 0 Å². The second kappa shape index (κ2) is 7.17. The van der Waals surface area contributed by atoms with Crippen molar-refractivity contribution in [1.29, 1.82) is 0 Å². The number of rotatable bonds is 3. The summed E-state index contributed by atoms with van der Waals surface area (Å²) in [6, 6.07) is 6.74. The first-order valence-electron chi connectivity index (χ1n) is 8.59. The minimum Gasteiger partial charge on any atom is -0.366 e. The molecule has 1 aromatic carbocycles. The van der Waals surface area contributed by atoms with Gasteiger partial charge in [-0.1, -0.05) is 26.0 Å². The lowest BCUT2D eigenvalue weighted by atomic mass is 10.1. The van der Waals surface area contributed by atoms with E-state index in [9.17, 15) is 9.18 Å². The number of para-hydroxylation sites is 1. The number of halogens is 1. The predicted molar refractivity (Wildman–Crippen MR) is 95.4 cm³/mol. The van der Waals surface area contributed by atoms with Crippen molar-refractivity contribution in [3.63, 3.8) is 0 Å². The van der Waals surface area contributed by atoms with Crippen LogP contribution in [-0.4, -0.2) is 47.0 Å². The first-order chi connectivity index (χ1) is 12.0. The largest absolute Gasteiger partial charge is 0.366 e. The summed E-state index contributed by atoms with van der Waals surface area (Å²) in [4.78, 5) is 25.3. The third-order valence-corrected chi connectivity index (χ3v) is 4.50. The molecule has 0 radical (unpaired) electrons. The molecule has 0 unspecified atom stereocenters. The number of piperazine rings is 1. The number of hydrogen-bond donors (Lipinski definition) is 0. The van der Waals surface area contributed by atoms with Crippen LogP contribution < -0.4 is 4.90 Å². The SMILES string of the molecule is Cc1nc(C(C)C)ncc1C(=O)N1CCN(c2ccccc2F)CC1. The van der Waals surface area contributed by atoms with Gasteiger partial charge in [0.25, 0.3) is 5.91 Å². The highest BCUT2D eigenvalue weighted by molar-refractivity contribution is 5.95. The first kappa shape index (κ1) is 17.3. The summed E-state index contributed by atoms with van der Waals surface area (Å²) < 4.78 is 13.9. The van der Waals surface area contributed by atoms with Gasteiger partial charge in [0.15, 0.2) is 0 Å². The van der Waals surface area contributed by atoms with Crippen LogP contribution >= 0.6 is 0 Å². The van der Waals surface area contributed by atoms with Gasteiger partial charge in [-0.3, -0.25) is 4.79 Å². The van der Waals surface area contributed by atoms with Crippen molar-refractivity contribution >= 4 is 11.6 Å². The van der Waals surface area contributed by atoms with Crippen molar-refractivity contribution in [3.8, 4) is 0 Å². The smallest absolute Gasteiger partial charge is 0.257 e. The minimum absolute atomic E-state index is 0.0546. The highest BCUT2D eigenvalue weighted by Crippen LogP contribution is 2.21. The summed E-state index contributed by atoms with van der Waals surface area (Å²) in [6.45, 7) is 8.22. The van der Waals surface area contributed by atoms with E-state index in [1.165, 1.54) is 6.07 Å². The number of aromatic nitrogens is 2. The van der Waals surface area contributed by atoms with E-state index >= 15 is 0 Å². The van der Waals surface area contributed by atoms with Gasteiger partial charge in [-0.25, -0.2) is 14.4 Å². The highest BCUT2D eigenvalue weighted by Gasteiger charge is 2.25. The maximum atomic E-state index is 13.9. The van der Waals surface area contributed by atoms with Crippen molar-refractivity contribution in [3.05, 3.63) is 53.4 Å². The van der Waals surface area contributed by atoms with E-state index in [1.54, 1.807) is 23.2 Å². The van der Waals surface area contributed by atoms with E-state index in [0.29, 0.717) is 43.1 Å². The number of amides is 1. The van der Waals surface area contributed by atoms with E-state index in [4.69, 9.17) is 0 Å². The van der Waals surface area contributed by atoms with Crippen molar-refractivity contribution in [2.45, 2.75) is 26.7 Å². The molecule has 1 amide bonds. The molecule has 1 aliphatic rings. The second-order valence-electron chi connectivity index (χ2n) is 6.61. The Bertz CT molecular complexity index is 770.